The Kier molecular flexibility index (Phi) is 21.9. The summed E-state index contributed by atoms with van der Waals surface area (Å²) in [6.07, 6.45) is 10.9. The lowest BCUT2D eigenvalue weighted by molar-refractivity contribution is -0.150. The zero-order valence-electron chi connectivity index (χ0n) is 53.9. The van der Waals surface area contributed by atoms with Crippen molar-refractivity contribution in [3.8, 4) is 12.1 Å². The molecule has 498 valence electrons. The van der Waals surface area contributed by atoms with Crippen LogP contribution in [0, 0.1) is 48.3 Å². The van der Waals surface area contributed by atoms with Crippen molar-refractivity contribution in [2.24, 2.45) is 11.8 Å². The molecule has 0 unspecified atom stereocenters. The second-order valence-corrected chi connectivity index (χ2v) is 25.4. The number of hydrogen-bond donors (Lipinski definition) is 3. The predicted octanol–water partition coefficient (Wildman–Crippen LogP) is 8.66. The second-order valence-electron chi connectivity index (χ2n) is 24.5. The van der Waals surface area contributed by atoms with Crippen LogP contribution in [-0.2, 0) is 23.8 Å². The molecule has 2 aromatic carbocycles. The molecular weight excluding hydrogens is 1250 g/mol. The third kappa shape index (κ3) is 15.8. The maximum atomic E-state index is 13.9. The van der Waals surface area contributed by atoms with Crippen LogP contribution >= 0.6 is 23.2 Å². The lowest BCUT2D eigenvalue weighted by atomic mass is 9.98. The summed E-state index contributed by atoms with van der Waals surface area (Å²) in [7, 11) is 0. The standard InChI is InChI=1S/C36H46ClN9O5.C32H33ClN8O3/c1-3-39-28-8-7-26(37)18-27(28)36(49)45-12-5-4-6-30(45)29-19-32-41-35(24(2)21-46(32)42-29)44-22-25(20-38)31(23-44)51-34(48)10-9-33(47)40-11-13-43-14-16-50-17-15-43;1-3-36-25-10-9-23(33)13-24(25)31(42)40-12-5-4-8-27(40)26-14-29-37-30(20(2)17-41(29)38-26)39-18-22(15-34)28(19-39)44-32(43)21-7-6-11-35-16-21/h7-8,18-19,21,25,30-31,39H,3-6,9-17,22-23H2,1-2H3,(H,40,47);6-7,9-11,13-14,16-17,22,27-28,36H,3-5,8,12,18-19H2,1-2H3/t25-,30+,31+;22-,27+,28+/m11/s1. The van der Waals surface area contributed by atoms with E-state index in [1.165, 1.54) is 6.20 Å². The number of hydrogen-bond acceptors (Lipinski definition) is 20. The van der Waals surface area contributed by atoms with Crippen molar-refractivity contribution in [3.05, 3.63) is 135 Å². The van der Waals surface area contributed by atoms with Crippen molar-refractivity contribution in [1.82, 2.24) is 54.2 Å². The molecule has 6 atom stereocenters. The van der Waals surface area contributed by atoms with E-state index in [0.717, 1.165) is 92.0 Å². The van der Waals surface area contributed by atoms with Gasteiger partial charge in [-0.1, -0.05) is 23.2 Å². The number of likely N-dealkylation sites (tertiary alicyclic amines) is 2. The number of anilines is 4. The predicted molar refractivity (Wildman–Crippen MR) is 357 cm³/mol. The number of aryl methyl sites for hydroxylation is 2. The fourth-order valence-electron chi connectivity index (χ4n) is 13.1. The van der Waals surface area contributed by atoms with Crippen LogP contribution in [0.1, 0.15) is 131 Å². The number of morpholine rings is 1. The van der Waals surface area contributed by atoms with Crippen molar-refractivity contribution in [2.75, 3.05) is 112 Å². The molecule has 0 radical (unpaired) electrons. The topological polar surface area (TPSA) is 286 Å². The summed E-state index contributed by atoms with van der Waals surface area (Å²) < 4.78 is 20.3. The van der Waals surface area contributed by atoms with E-state index in [-0.39, 0.29) is 42.6 Å². The molecule has 0 bridgehead atoms. The molecule has 5 fully saturated rings. The zero-order valence-corrected chi connectivity index (χ0v) is 55.4. The first-order chi connectivity index (χ1) is 46.1. The molecule has 27 heteroatoms. The van der Waals surface area contributed by atoms with Crippen LogP contribution in [0.3, 0.4) is 0 Å². The largest absolute Gasteiger partial charge is 0.459 e. The maximum absolute atomic E-state index is 13.9. The number of fused-ring (bicyclic) bond motifs is 2. The first-order valence-corrected chi connectivity index (χ1v) is 33.4. The van der Waals surface area contributed by atoms with E-state index >= 15 is 0 Å². The Morgan fingerprint density at radius 2 is 1.19 bits per heavy atom. The highest BCUT2D eigenvalue weighted by atomic mass is 35.5. The number of ether oxygens (including phenoxy) is 3. The minimum absolute atomic E-state index is 0.0242. The zero-order chi connectivity index (χ0) is 66.7. The minimum Gasteiger partial charge on any atom is -0.459 e. The number of nitrogens with zero attached hydrogens (tertiary/aromatic N) is 14. The number of rotatable bonds is 19. The average Bonchev–Trinajstić information content (AvgIpc) is 1.67. The Labute approximate surface area is 561 Å². The summed E-state index contributed by atoms with van der Waals surface area (Å²) in [6.45, 7) is 16.1. The number of halogens is 2. The van der Waals surface area contributed by atoms with E-state index < -0.39 is 36.0 Å². The molecule has 5 aliphatic heterocycles. The van der Waals surface area contributed by atoms with Gasteiger partial charge in [0.1, 0.15) is 35.7 Å². The van der Waals surface area contributed by atoms with E-state index in [4.69, 9.17) is 57.6 Å². The van der Waals surface area contributed by atoms with Gasteiger partial charge in [-0.25, -0.2) is 23.8 Å². The van der Waals surface area contributed by atoms with Gasteiger partial charge in [-0.2, -0.15) is 20.7 Å². The van der Waals surface area contributed by atoms with Gasteiger partial charge in [0.15, 0.2) is 11.3 Å². The van der Waals surface area contributed by atoms with Crippen molar-refractivity contribution in [3.63, 3.8) is 0 Å². The summed E-state index contributed by atoms with van der Waals surface area (Å²) in [4.78, 5) is 89.4. The number of nitriles is 2. The Balaban J connectivity index is 0.000000195. The molecule has 5 aromatic heterocycles. The minimum atomic E-state index is -0.648. The molecule has 3 N–H and O–H groups in total. The molecule has 95 heavy (non-hydrogen) atoms. The fraction of sp³-hybridized carbons (Fsp3) is 0.471. The van der Waals surface area contributed by atoms with E-state index in [1.54, 1.807) is 51.6 Å². The van der Waals surface area contributed by atoms with Crippen molar-refractivity contribution < 1.29 is 38.2 Å². The Morgan fingerprint density at radius 1 is 0.663 bits per heavy atom. The van der Waals surface area contributed by atoms with Crippen molar-refractivity contribution in [2.45, 2.75) is 103 Å². The van der Waals surface area contributed by atoms with Gasteiger partial charge in [-0.05, 0) is 115 Å². The van der Waals surface area contributed by atoms with Crippen LogP contribution in [0.2, 0.25) is 10.0 Å². The number of esters is 2. The molecule has 5 aliphatic rings. The SMILES string of the molecule is CCNc1ccc(Cl)cc1C(=O)N1CCCC[C@H]1c1cc2nc(N3C[C@@H](C#N)[C@@H](OC(=O)CCC(=O)NCCN4CCOCC4)C3)c(C)cn2n1.CCNc1ccc(Cl)cc1C(=O)N1CCCC[C@H]1c1cc2nc(N3C[C@@H](C#N)[C@@H](OC(=O)c4cccnc4)C3)c(C)cn2n1. The molecule has 0 saturated carbocycles. The van der Waals surface area contributed by atoms with Gasteiger partial charge < -0.3 is 49.8 Å². The number of piperidine rings is 2. The van der Waals surface area contributed by atoms with Crippen LogP contribution in [0.15, 0.2) is 85.5 Å². The summed E-state index contributed by atoms with van der Waals surface area (Å²) in [6, 6.07) is 22.0. The van der Waals surface area contributed by atoms with Crippen molar-refractivity contribution >= 4 is 87.2 Å². The summed E-state index contributed by atoms with van der Waals surface area (Å²) in [5.41, 5.74) is 7.44. The molecule has 25 nitrogen and oxygen atoms in total. The lowest BCUT2D eigenvalue weighted by Crippen LogP contribution is -2.41. The molecule has 12 rings (SSSR count). The quantitative estimate of drug-likeness (QED) is 0.0638. The number of carbonyl (C=O) groups is 5. The first kappa shape index (κ1) is 67.3. The van der Waals surface area contributed by atoms with Gasteiger partial charge >= 0.3 is 11.9 Å². The van der Waals surface area contributed by atoms with Crippen molar-refractivity contribution in [1.29, 1.82) is 10.5 Å². The molecule has 5 saturated heterocycles. The monoisotopic (exact) mass is 1330 g/mol. The molecule has 0 aliphatic carbocycles. The number of nitrogens with one attached hydrogen (secondary N) is 3. The smallest absolute Gasteiger partial charge is 0.340 e. The number of carbonyl (C=O) groups excluding carboxylic acids is 5. The van der Waals surface area contributed by atoms with Crippen LogP contribution in [-0.4, -0.2) is 182 Å². The van der Waals surface area contributed by atoms with E-state index in [0.29, 0.717) is 122 Å². The molecule has 10 heterocycles. The van der Waals surface area contributed by atoms with Gasteiger partial charge in [0.05, 0.1) is 85.0 Å². The van der Waals surface area contributed by atoms with Crippen LogP contribution in [0.4, 0.5) is 23.0 Å². The number of amides is 3. The van der Waals surface area contributed by atoms with Crippen LogP contribution in [0.5, 0.6) is 0 Å². The lowest BCUT2D eigenvalue weighted by Gasteiger charge is -2.35. The van der Waals surface area contributed by atoms with E-state index in [9.17, 15) is 34.5 Å². The second kappa shape index (κ2) is 30.9. The third-order valence-electron chi connectivity index (χ3n) is 17.9. The molecule has 7 aromatic rings. The highest BCUT2D eigenvalue weighted by Crippen LogP contribution is 2.38. The summed E-state index contributed by atoms with van der Waals surface area (Å²) >= 11 is 12.6. The molecule has 0 spiro atoms. The highest BCUT2D eigenvalue weighted by molar-refractivity contribution is 6.31. The van der Waals surface area contributed by atoms with Gasteiger partial charge in [-0.15, -0.1) is 0 Å². The Morgan fingerprint density at radius 3 is 1.68 bits per heavy atom. The van der Waals surface area contributed by atoms with Gasteiger partial charge in [0.2, 0.25) is 5.91 Å². The third-order valence-corrected chi connectivity index (χ3v) is 18.4. The van der Waals surface area contributed by atoms with Gasteiger partial charge in [0.25, 0.3) is 11.8 Å². The number of benzene rings is 2. The molecular formula is C68H79Cl2N17O8. The number of pyridine rings is 1. The maximum Gasteiger partial charge on any atom is 0.340 e. The fourth-order valence-corrected chi connectivity index (χ4v) is 13.5. The normalized spacial score (nSPS) is 20.5. The Hall–Kier alpha value is -9.14. The summed E-state index contributed by atoms with van der Waals surface area (Å²) in [5, 5.41) is 39.9. The summed E-state index contributed by atoms with van der Waals surface area (Å²) in [5.74, 6) is -1.06. The first-order valence-electron chi connectivity index (χ1n) is 32.7. The van der Waals surface area contributed by atoms with Gasteiger partial charge in [-0.3, -0.25) is 29.1 Å². The number of aromatic nitrogens is 7. The van der Waals surface area contributed by atoms with E-state index in [2.05, 4.69) is 38.0 Å². The average molecular weight is 1330 g/mol. The van der Waals surface area contributed by atoms with Crippen LogP contribution < -0.4 is 25.8 Å². The van der Waals surface area contributed by atoms with Crippen LogP contribution in [0.25, 0.3) is 11.3 Å². The van der Waals surface area contributed by atoms with E-state index in [1.807, 2.05) is 84.0 Å². The van der Waals surface area contributed by atoms with Gasteiger partial charge in [0, 0.05) is 141 Å². The molecule has 3 amide bonds. The Bertz CT molecular complexity index is 4020. The highest BCUT2D eigenvalue weighted by Gasteiger charge is 2.40.